The number of hydrogen-bond acceptors (Lipinski definition) is 8. The zero-order valence-electron chi connectivity index (χ0n) is 25.9. The maximum atomic E-state index is 15.6. The second kappa shape index (κ2) is 14.1. The summed E-state index contributed by atoms with van der Waals surface area (Å²) in [6.45, 7) is -0.274. The third kappa shape index (κ3) is 6.93. The van der Waals surface area contributed by atoms with Crippen LogP contribution in [0.3, 0.4) is 0 Å². The Hall–Kier alpha value is -5.49. The van der Waals surface area contributed by atoms with Crippen LogP contribution < -0.4 is 14.8 Å². The van der Waals surface area contributed by atoms with Crippen molar-refractivity contribution in [2.75, 3.05) is 26.1 Å². The van der Waals surface area contributed by atoms with Gasteiger partial charge in [-0.3, -0.25) is 9.59 Å². The molecule has 0 radical (unpaired) electrons. The van der Waals surface area contributed by atoms with Crippen LogP contribution in [0.5, 0.6) is 12.0 Å². The van der Waals surface area contributed by atoms with Crippen LogP contribution in [0.25, 0.3) is 33.4 Å². The maximum absolute atomic E-state index is 15.6. The number of carbonyl (C=O) groups excluding carboxylic acids is 2. The maximum Gasteiger partial charge on any atom is 0.316 e. The van der Waals surface area contributed by atoms with E-state index in [2.05, 4.69) is 25.3 Å². The van der Waals surface area contributed by atoms with Crippen LogP contribution in [0.4, 0.5) is 14.5 Å². The molecule has 0 saturated carbocycles. The van der Waals surface area contributed by atoms with E-state index in [0.717, 1.165) is 0 Å². The number of likely N-dealkylation sites (tertiary alicyclic amines) is 1. The second-order valence-corrected chi connectivity index (χ2v) is 11.5. The number of carbonyl (C=O) groups is 2. The Morgan fingerprint density at radius 1 is 0.854 bits per heavy atom. The van der Waals surface area contributed by atoms with Gasteiger partial charge in [0.1, 0.15) is 12.2 Å². The Bertz CT molecular complexity index is 1900. The molecule has 1 fully saturated rings. The molecule has 10 nitrogen and oxygen atoms in total. The molecule has 0 spiro atoms. The molecule has 2 atom stereocenters. The zero-order chi connectivity index (χ0) is 33.8. The number of methoxy groups -OCH3 is 2. The molecule has 13 heteroatoms. The Balaban J connectivity index is 1.26. The fraction of sp³-hybridized carbons (Fsp3) is 0.200. The number of ether oxygens (including phenoxy) is 2. The van der Waals surface area contributed by atoms with E-state index in [-0.39, 0.29) is 42.7 Å². The minimum Gasteiger partial charge on any atom is -0.467 e. The van der Waals surface area contributed by atoms with E-state index in [9.17, 15) is 14.0 Å². The first-order valence-electron chi connectivity index (χ1n) is 14.9. The van der Waals surface area contributed by atoms with Gasteiger partial charge in [0.05, 0.1) is 32.9 Å². The molecule has 244 valence electrons. The highest BCUT2D eigenvalue weighted by Gasteiger charge is 2.40. The summed E-state index contributed by atoms with van der Waals surface area (Å²) < 4.78 is 40.6. The zero-order valence-corrected chi connectivity index (χ0v) is 26.6. The normalized spacial score (nSPS) is 15.6. The lowest BCUT2D eigenvalue weighted by atomic mass is 9.97. The van der Waals surface area contributed by atoms with Gasteiger partial charge in [-0.15, -0.1) is 0 Å². The van der Waals surface area contributed by atoms with Crippen LogP contribution in [0, 0.1) is 5.82 Å². The van der Waals surface area contributed by atoms with Gasteiger partial charge in [-0.1, -0.05) is 54.1 Å². The number of nitrogens with one attached hydrogen (secondary N) is 1. The molecule has 5 aromatic rings. The van der Waals surface area contributed by atoms with Crippen molar-refractivity contribution in [3.8, 4) is 45.4 Å². The molecule has 6 rings (SSSR count). The molecular formula is C35H29ClF2N6O4. The molecule has 0 aliphatic carbocycles. The molecule has 2 aromatic heterocycles. The second-order valence-electron chi connectivity index (χ2n) is 11.0. The number of hydrogen-bond donors (Lipinski definition) is 1. The van der Waals surface area contributed by atoms with Gasteiger partial charge in [-0.2, -0.15) is 0 Å². The number of aromatic nitrogens is 4. The van der Waals surface area contributed by atoms with Gasteiger partial charge in [-0.25, -0.2) is 28.7 Å². The average molecular weight is 671 g/mol. The van der Waals surface area contributed by atoms with E-state index in [4.69, 9.17) is 21.1 Å². The molecule has 1 saturated heterocycles. The van der Waals surface area contributed by atoms with Gasteiger partial charge >= 0.3 is 12.0 Å². The number of anilines is 1. The average Bonchev–Trinajstić information content (AvgIpc) is 3.51. The lowest BCUT2D eigenvalue weighted by Crippen LogP contribution is -2.44. The molecule has 2 amide bonds. The van der Waals surface area contributed by atoms with Gasteiger partial charge in [0.2, 0.25) is 11.8 Å². The minimum absolute atomic E-state index is 0.104. The Morgan fingerprint density at radius 2 is 1.44 bits per heavy atom. The van der Waals surface area contributed by atoms with Crippen molar-refractivity contribution < 1.29 is 27.8 Å². The summed E-state index contributed by atoms with van der Waals surface area (Å²) in [6, 6.07) is 16.0. The summed E-state index contributed by atoms with van der Waals surface area (Å²) in [4.78, 5) is 45.2. The van der Waals surface area contributed by atoms with Crippen LogP contribution in [0.1, 0.15) is 12.0 Å². The van der Waals surface area contributed by atoms with Crippen molar-refractivity contribution in [2.45, 2.75) is 25.1 Å². The Kier molecular flexibility index (Phi) is 9.53. The van der Waals surface area contributed by atoms with Crippen LogP contribution in [-0.2, 0) is 16.0 Å². The standard InChI is InChI=1S/C35H29ClF2N6O4/c1-47-34-39-15-23(16-40-34)21-10-20(11-22(13-21)24-17-41-35(48-2)42-18-24)12-31(45)44-19-25(37)14-30(44)33(46)43-29-9-5-7-27(32(29)38)26-6-3-4-8-28(26)36/h3-11,13,15-18,25,30H,12,14,19H2,1-2H3,(H,43,46)/t25-,30+/m1/s1. The first-order chi connectivity index (χ1) is 23.2. The lowest BCUT2D eigenvalue weighted by molar-refractivity contribution is -0.136. The van der Waals surface area contributed by atoms with Crippen molar-refractivity contribution >= 4 is 29.1 Å². The third-order valence-electron chi connectivity index (χ3n) is 7.93. The van der Waals surface area contributed by atoms with Crippen LogP contribution in [0.15, 0.2) is 85.5 Å². The highest BCUT2D eigenvalue weighted by molar-refractivity contribution is 6.33. The van der Waals surface area contributed by atoms with E-state index in [1.165, 1.54) is 25.2 Å². The number of alkyl halides is 1. The summed E-state index contributed by atoms with van der Waals surface area (Å²) in [5.74, 6) is -1.86. The number of amides is 2. The molecule has 3 heterocycles. The first-order valence-corrected chi connectivity index (χ1v) is 15.3. The Morgan fingerprint density at radius 3 is 2.02 bits per heavy atom. The summed E-state index contributed by atoms with van der Waals surface area (Å²) >= 11 is 6.28. The smallest absolute Gasteiger partial charge is 0.316 e. The molecule has 3 aromatic carbocycles. The highest BCUT2D eigenvalue weighted by Crippen LogP contribution is 2.34. The fourth-order valence-electron chi connectivity index (χ4n) is 5.59. The highest BCUT2D eigenvalue weighted by atomic mass is 35.5. The van der Waals surface area contributed by atoms with E-state index in [0.29, 0.717) is 38.4 Å². The van der Waals surface area contributed by atoms with E-state index in [1.807, 2.05) is 6.07 Å². The minimum atomic E-state index is -1.43. The number of rotatable bonds is 9. The fourth-order valence-corrected chi connectivity index (χ4v) is 5.82. The topological polar surface area (TPSA) is 119 Å². The summed E-state index contributed by atoms with van der Waals surface area (Å²) in [5, 5.41) is 2.91. The monoisotopic (exact) mass is 670 g/mol. The summed E-state index contributed by atoms with van der Waals surface area (Å²) in [6.07, 6.45) is 4.57. The molecular weight excluding hydrogens is 642 g/mol. The molecule has 48 heavy (non-hydrogen) atoms. The van der Waals surface area contributed by atoms with E-state index >= 15 is 4.39 Å². The summed E-state index contributed by atoms with van der Waals surface area (Å²) in [5.41, 5.74) is 3.84. The van der Waals surface area contributed by atoms with Gasteiger partial charge in [0.25, 0.3) is 0 Å². The van der Waals surface area contributed by atoms with Crippen LogP contribution in [0.2, 0.25) is 5.02 Å². The number of halogens is 3. The van der Waals surface area contributed by atoms with E-state index < -0.39 is 29.8 Å². The van der Waals surface area contributed by atoms with Gasteiger partial charge in [-0.05, 0) is 34.9 Å². The van der Waals surface area contributed by atoms with Crippen LogP contribution >= 0.6 is 11.6 Å². The lowest BCUT2D eigenvalue weighted by Gasteiger charge is -2.24. The van der Waals surface area contributed by atoms with E-state index in [1.54, 1.807) is 73.3 Å². The van der Waals surface area contributed by atoms with Crippen molar-refractivity contribution in [2.24, 2.45) is 0 Å². The predicted molar refractivity (Wildman–Crippen MR) is 176 cm³/mol. The van der Waals surface area contributed by atoms with Gasteiger partial charge < -0.3 is 19.7 Å². The number of nitrogens with zero attached hydrogens (tertiary/aromatic N) is 5. The summed E-state index contributed by atoms with van der Waals surface area (Å²) in [7, 11) is 2.93. The van der Waals surface area contributed by atoms with Crippen molar-refractivity contribution in [3.63, 3.8) is 0 Å². The van der Waals surface area contributed by atoms with Gasteiger partial charge in [0.15, 0.2) is 5.82 Å². The molecule has 0 bridgehead atoms. The third-order valence-corrected chi connectivity index (χ3v) is 8.26. The van der Waals surface area contributed by atoms with Gasteiger partial charge in [0, 0.05) is 58.5 Å². The van der Waals surface area contributed by atoms with Crippen molar-refractivity contribution in [1.82, 2.24) is 24.8 Å². The first kappa shape index (κ1) is 32.5. The van der Waals surface area contributed by atoms with Crippen molar-refractivity contribution in [3.05, 3.63) is 102 Å². The molecule has 1 aliphatic rings. The quantitative estimate of drug-likeness (QED) is 0.197. The van der Waals surface area contributed by atoms with Crippen molar-refractivity contribution in [1.29, 1.82) is 0 Å². The molecule has 0 unspecified atom stereocenters. The Labute approximate surface area is 279 Å². The SMILES string of the molecule is COc1ncc(-c2cc(CC(=O)N3C[C@H](F)C[C@H]3C(=O)Nc3cccc(-c4ccccc4Cl)c3F)cc(-c3cnc(OC)nc3)c2)cn1. The largest absolute Gasteiger partial charge is 0.467 e. The van der Waals surface area contributed by atoms with Crippen LogP contribution in [-0.4, -0.2) is 69.6 Å². The predicted octanol–water partition coefficient (Wildman–Crippen LogP) is 6.20. The molecule has 1 N–H and O–H groups in total. The number of benzene rings is 3. The molecule has 1 aliphatic heterocycles.